The minimum atomic E-state index is -0.0900. The average molecular weight is 1090 g/mol. The molecule has 85 heavy (non-hydrogen) atoms. The molecule has 0 N–H and O–H groups in total. The number of benzene rings is 12. The van der Waals surface area contributed by atoms with Crippen LogP contribution < -0.4 is 21.3 Å². The van der Waals surface area contributed by atoms with Gasteiger partial charge in [0.25, 0.3) is 6.71 Å². The lowest BCUT2D eigenvalue weighted by atomic mass is 9.33. The van der Waals surface area contributed by atoms with Crippen molar-refractivity contribution in [3.8, 4) is 28.2 Å². The molecule has 5 nitrogen and oxygen atoms in total. The largest absolute Gasteiger partial charge is 0.311 e. The summed E-state index contributed by atoms with van der Waals surface area (Å²) in [6.45, 7) is 13.9. The van der Waals surface area contributed by atoms with Crippen molar-refractivity contribution in [3.05, 3.63) is 254 Å². The zero-order valence-electron chi connectivity index (χ0n) is 48.4. The molecule has 18 rings (SSSR count). The van der Waals surface area contributed by atoms with E-state index >= 15 is 0 Å². The van der Waals surface area contributed by atoms with Crippen molar-refractivity contribution in [1.29, 1.82) is 0 Å². The van der Waals surface area contributed by atoms with E-state index in [0.717, 1.165) is 55.9 Å². The lowest BCUT2D eigenvalue weighted by Gasteiger charge is -2.41. The van der Waals surface area contributed by atoms with Crippen molar-refractivity contribution in [1.82, 2.24) is 18.7 Å². The van der Waals surface area contributed by atoms with Gasteiger partial charge in [0.15, 0.2) is 0 Å². The molecule has 0 aliphatic carbocycles. The van der Waals surface area contributed by atoms with Crippen molar-refractivity contribution < 1.29 is 0 Å². The van der Waals surface area contributed by atoms with Crippen molar-refractivity contribution in [2.45, 2.75) is 52.4 Å². The van der Waals surface area contributed by atoms with Crippen LogP contribution in [0.3, 0.4) is 0 Å². The number of rotatable bonds is 4. The number of pyridine rings is 1. The SMILES string of the molecule is CC(C)(C)c1ccc(N2c3ccc(C(C)(C)C)cc3B3c4c2cc(-c2c(-n5c6ccccc6c6ccccc65)cncc2-n2c5ccccc5c5ccccc52)cc4-n2c4ccc5c6ccccc6c6ccccc6c5c4c4cccc3c42)cc1. The molecule has 0 unspecified atom stereocenters. The molecule has 4 aromatic heterocycles. The van der Waals surface area contributed by atoms with Gasteiger partial charge in [0.05, 0.1) is 51.4 Å². The van der Waals surface area contributed by atoms with Crippen LogP contribution in [0.2, 0.25) is 0 Å². The van der Waals surface area contributed by atoms with Gasteiger partial charge in [-0.1, -0.05) is 211 Å². The zero-order chi connectivity index (χ0) is 56.8. The van der Waals surface area contributed by atoms with Crippen LogP contribution >= 0.6 is 0 Å². The minimum absolute atomic E-state index is 0.0236. The number of hydrogen-bond donors (Lipinski definition) is 0. The predicted molar refractivity (Wildman–Crippen MR) is 362 cm³/mol. The normalized spacial score (nSPS) is 13.2. The van der Waals surface area contributed by atoms with Gasteiger partial charge in [0.2, 0.25) is 0 Å². The Morgan fingerprint density at radius 1 is 0.329 bits per heavy atom. The van der Waals surface area contributed by atoms with Crippen molar-refractivity contribution >= 4 is 138 Å². The van der Waals surface area contributed by atoms with Crippen LogP contribution in [0.4, 0.5) is 17.1 Å². The summed E-state index contributed by atoms with van der Waals surface area (Å²) in [6.07, 6.45) is 4.23. The number of hydrogen-bond acceptors (Lipinski definition) is 2. The number of aromatic nitrogens is 4. The van der Waals surface area contributed by atoms with E-state index < -0.39 is 0 Å². The molecule has 0 amide bonds. The third-order valence-corrected chi connectivity index (χ3v) is 19.2. The topological polar surface area (TPSA) is 30.9 Å². The Labute approximate surface area is 493 Å². The second-order valence-corrected chi connectivity index (χ2v) is 25.9. The summed E-state index contributed by atoms with van der Waals surface area (Å²) in [6, 6.07) is 87.5. The second kappa shape index (κ2) is 17.2. The van der Waals surface area contributed by atoms with Crippen LogP contribution in [-0.2, 0) is 10.8 Å². The lowest BCUT2D eigenvalue weighted by molar-refractivity contribution is 0.590. The smallest absolute Gasteiger partial charge is 0.252 e. The first kappa shape index (κ1) is 48.4. The van der Waals surface area contributed by atoms with Gasteiger partial charge in [-0.3, -0.25) is 4.98 Å². The summed E-state index contributed by atoms with van der Waals surface area (Å²) in [5, 5.41) is 15.0. The third-order valence-electron chi connectivity index (χ3n) is 19.2. The highest BCUT2D eigenvalue weighted by Crippen LogP contribution is 2.50. The number of fused-ring (bicyclic) bond motifs is 20. The van der Waals surface area contributed by atoms with E-state index in [1.54, 1.807) is 0 Å². The fourth-order valence-corrected chi connectivity index (χ4v) is 15.4. The second-order valence-electron chi connectivity index (χ2n) is 25.9. The Bertz CT molecular complexity index is 5310. The van der Waals surface area contributed by atoms with Crippen LogP contribution in [0, 0.1) is 0 Å². The van der Waals surface area contributed by atoms with Crippen LogP contribution in [0.1, 0.15) is 52.7 Å². The number of anilines is 3. The van der Waals surface area contributed by atoms with E-state index in [1.165, 1.54) is 115 Å². The van der Waals surface area contributed by atoms with Crippen LogP contribution in [-0.4, -0.2) is 25.4 Å². The lowest BCUT2D eigenvalue weighted by Crippen LogP contribution is -2.60. The first-order chi connectivity index (χ1) is 41.5. The van der Waals surface area contributed by atoms with Crippen LogP contribution in [0.5, 0.6) is 0 Å². The van der Waals surface area contributed by atoms with Gasteiger partial charge in [0, 0.05) is 71.5 Å². The Balaban J connectivity index is 1.05. The van der Waals surface area contributed by atoms with Crippen molar-refractivity contribution in [2.24, 2.45) is 0 Å². The summed E-state index contributed by atoms with van der Waals surface area (Å²) in [5.74, 6) is 0. The highest BCUT2D eigenvalue weighted by Gasteiger charge is 2.44. The average Bonchev–Trinajstić information content (AvgIpc) is 1.78. The molecule has 0 saturated heterocycles. The van der Waals surface area contributed by atoms with Gasteiger partial charge >= 0.3 is 0 Å². The van der Waals surface area contributed by atoms with E-state index in [-0.39, 0.29) is 17.5 Å². The number of para-hydroxylation sites is 5. The molecule has 2 aliphatic rings. The van der Waals surface area contributed by atoms with Gasteiger partial charge in [-0.25, -0.2) is 0 Å². The molecule has 0 bridgehead atoms. The summed E-state index contributed by atoms with van der Waals surface area (Å²) in [4.78, 5) is 7.92. The molecule has 402 valence electrons. The Hall–Kier alpha value is -10.2. The van der Waals surface area contributed by atoms with Gasteiger partial charge in [-0.2, -0.15) is 0 Å². The molecular weight excluding hydrogens is 1030 g/mol. The molecule has 6 heterocycles. The Kier molecular flexibility index (Phi) is 9.80. The minimum Gasteiger partial charge on any atom is -0.311 e. The maximum atomic E-state index is 5.32. The maximum Gasteiger partial charge on any atom is 0.252 e. The Morgan fingerprint density at radius 2 is 0.800 bits per heavy atom. The highest BCUT2D eigenvalue weighted by molar-refractivity contribution is 7.00. The van der Waals surface area contributed by atoms with Gasteiger partial charge in [-0.05, 0) is 132 Å². The van der Waals surface area contributed by atoms with Gasteiger partial charge < -0.3 is 18.6 Å². The molecular formula is C79H58BN5. The first-order valence-electron chi connectivity index (χ1n) is 30.0. The summed E-state index contributed by atoms with van der Waals surface area (Å²) >= 11 is 0. The standard InChI is InChI=1S/C79H58BN5/c1-78(2,3)48-34-37-50(38-35-48)82-67-40-36-49(79(4,5)6)44-62(67)80-61-29-19-28-60-75-68(41-39-59-53-22-8-7-20-51(53)52-21-9-10-27-58(52)74(59)75)85(77(60)61)70-43-47(42-69(82)76(70)80)73-71(83-63-30-15-11-23-54(63)55-24-12-16-31-64(55)83)45-81-46-72(73)84-65-32-17-13-25-56(65)57-26-14-18-33-66(57)84/h7-46H,1-6H3. The fourth-order valence-electron chi connectivity index (χ4n) is 15.4. The summed E-state index contributed by atoms with van der Waals surface area (Å²) < 4.78 is 7.62. The molecule has 0 fully saturated rings. The van der Waals surface area contributed by atoms with Gasteiger partial charge in [0.1, 0.15) is 0 Å². The molecule has 6 heteroatoms. The van der Waals surface area contributed by atoms with E-state index in [4.69, 9.17) is 4.98 Å². The number of nitrogens with zero attached hydrogens (tertiary/aromatic N) is 5. The molecule has 0 atom stereocenters. The third kappa shape index (κ3) is 6.62. The molecule has 12 aromatic carbocycles. The van der Waals surface area contributed by atoms with Gasteiger partial charge in [-0.15, -0.1) is 0 Å². The maximum absolute atomic E-state index is 5.32. The van der Waals surface area contributed by atoms with E-state index in [2.05, 4.69) is 303 Å². The Morgan fingerprint density at radius 3 is 1.35 bits per heavy atom. The van der Waals surface area contributed by atoms with E-state index in [9.17, 15) is 0 Å². The molecule has 16 aromatic rings. The molecule has 0 spiro atoms. The summed E-state index contributed by atoms with van der Waals surface area (Å²) in [5.41, 5.74) is 22.3. The van der Waals surface area contributed by atoms with E-state index in [0.29, 0.717) is 0 Å². The van der Waals surface area contributed by atoms with Crippen molar-refractivity contribution in [3.63, 3.8) is 0 Å². The molecule has 0 saturated carbocycles. The molecule has 0 radical (unpaired) electrons. The van der Waals surface area contributed by atoms with Crippen molar-refractivity contribution in [2.75, 3.05) is 4.90 Å². The fraction of sp³-hybridized carbons (Fsp3) is 0.101. The highest BCUT2D eigenvalue weighted by atomic mass is 15.2. The first-order valence-corrected chi connectivity index (χ1v) is 30.0. The van der Waals surface area contributed by atoms with Crippen LogP contribution in [0.25, 0.3) is 126 Å². The zero-order valence-corrected chi connectivity index (χ0v) is 48.4. The predicted octanol–water partition coefficient (Wildman–Crippen LogP) is 18.7. The quantitative estimate of drug-likeness (QED) is 0.130. The van der Waals surface area contributed by atoms with E-state index in [1.807, 2.05) is 0 Å². The van der Waals surface area contributed by atoms with Crippen LogP contribution in [0.15, 0.2) is 243 Å². The monoisotopic (exact) mass is 1090 g/mol. The molecule has 2 aliphatic heterocycles. The summed E-state index contributed by atoms with van der Waals surface area (Å²) in [7, 11) is 0.